The van der Waals surface area contributed by atoms with Gasteiger partial charge in [-0.25, -0.2) is 10.1 Å². The van der Waals surface area contributed by atoms with E-state index in [1.54, 1.807) is 0 Å². The molecule has 0 saturated carbocycles. The van der Waals surface area contributed by atoms with Crippen molar-refractivity contribution in [2.75, 3.05) is 0 Å². The molecule has 2 aromatic rings. The van der Waals surface area contributed by atoms with Gasteiger partial charge in [0.2, 0.25) is 11.6 Å². The first-order chi connectivity index (χ1) is 10.5. The van der Waals surface area contributed by atoms with Crippen LogP contribution in [0.3, 0.4) is 0 Å². The Balaban J connectivity index is 2.34. The van der Waals surface area contributed by atoms with Gasteiger partial charge in [-0.15, -0.1) is 14.6 Å². The quantitative estimate of drug-likeness (QED) is 0.237. The third-order valence-electron chi connectivity index (χ3n) is 2.26. The van der Waals surface area contributed by atoms with Crippen molar-refractivity contribution in [3.05, 3.63) is 39.0 Å². The van der Waals surface area contributed by atoms with Crippen LogP contribution in [0.1, 0.15) is 0 Å². The number of aromatic hydroxyl groups is 2. The Morgan fingerprint density at radius 2 is 1.91 bits per heavy atom. The highest BCUT2D eigenvalue weighted by Crippen LogP contribution is 2.33. The summed E-state index contributed by atoms with van der Waals surface area (Å²) in [5, 5.41) is 37.6. The molecule has 0 aliphatic rings. The van der Waals surface area contributed by atoms with Crippen LogP contribution in [0.4, 0.5) is 11.4 Å². The van der Waals surface area contributed by atoms with Crippen LogP contribution in [0.25, 0.3) is 0 Å². The summed E-state index contributed by atoms with van der Waals surface area (Å²) in [6, 6.07) is 4.00. The van der Waals surface area contributed by atoms with Gasteiger partial charge in [0.25, 0.3) is 5.56 Å². The van der Waals surface area contributed by atoms with Crippen LogP contribution in [0, 0.1) is 0 Å². The van der Waals surface area contributed by atoms with Crippen LogP contribution in [0.15, 0.2) is 42.9 Å². The number of nitrogens with zero attached hydrogens (tertiary/aromatic N) is 2. The largest absolute Gasteiger partial charge is 0.506 e. The molecule has 12 heteroatoms. The number of azo groups is 1. The van der Waals surface area contributed by atoms with Crippen LogP contribution >= 0.6 is 12.0 Å². The molecule has 0 radical (unpaired) electrons. The lowest BCUT2D eigenvalue weighted by Gasteiger charge is -2.01. The monoisotopic (exact) mass is 328 g/mol. The van der Waals surface area contributed by atoms with Gasteiger partial charge >= 0.3 is 5.69 Å². The van der Waals surface area contributed by atoms with Crippen molar-refractivity contribution in [2.45, 2.75) is 4.90 Å². The zero-order valence-electron chi connectivity index (χ0n) is 10.5. The summed E-state index contributed by atoms with van der Waals surface area (Å²) < 4.78 is 4.21. The Morgan fingerprint density at radius 1 is 1.14 bits per heavy atom. The van der Waals surface area contributed by atoms with Crippen molar-refractivity contribution in [1.82, 2.24) is 9.97 Å². The van der Waals surface area contributed by atoms with Gasteiger partial charge in [-0.1, -0.05) is 5.04 Å². The molecular weight excluding hydrogens is 320 g/mol. The van der Waals surface area contributed by atoms with Crippen molar-refractivity contribution >= 4 is 23.4 Å². The Labute approximate surface area is 124 Å². The van der Waals surface area contributed by atoms with Crippen molar-refractivity contribution in [1.29, 1.82) is 0 Å². The number of H-pyrrole nitrogens is 2. The molecule has 1 aromatic carbocycles. The Bertz CT molecular complexity index is 816. The number of phenolic OH excluding ortho intramolecular Hbond substituents is 1. The molecule has 22 heavy (non-hydrogen) atoms. The van der Waals surface area contributed by atoms with E-state index in [0.717, 1.165) is 0 Å². The highest BCUT2D eigenvalue weighted by atomic mass is 32.2. The molecule has 5 N–H and O–H groups in total. The SMILES string of the molecule is O=c1[nH]c(O)c(N=Nc2cc(SOOO)ccc2O)c(=O)[nH]1. The molecule has 116 valence electrons. The lowest BCUT2D eigenvalue weighted by molar-refractivity contribution is -0.432. The lowest BCUT2D eigenvalue weighted by atomic mass is 10.3. The van der Waals surface area contributed by atoms with E-state index in [-0.39, 0.29) is 11.4 Å². The molecule has 1 heterocycles. The molecule has 0 bridgehead atoms. The van der Waals surface area contributed by atoms with Gasteiger partial charge in [0, 0.05) is 4.90 Å². The van der Waals surface area contributed by atoms with E-state index in [1.165, 1.54) is 18.2 Å². The summed E-state index contributed by atoms with van der Waals surface area (Å²) in [5.74, 6) is -1.03. The summed E-state index contributed by atoms with van der Waals surface area (Å²) in [6.45, 7) is 0. The normalized spacial score (nSPS) is 11.1. The van der Waals surface area contributed by atoms with Crippen LogP contribution in [0.5, 0.6) is 11.6 Å². The highest BCUT2D eigenvalue weighted by molar-refractivity contribution is 7.94. The molecule has 0 fully saturated rings. The fraction of sp³-hybridized carbons (Fsp3) is 0. The number of phenols is 1. The number of aromatic nitrogens is 2. The average Bonchev–Trinajstić information content (AvgIpc) is 2.46. The maximum Gasteiger partial charge on any atom is 0.328 e. The number of hydrogen-bond acceptors (Lipinski definition) is 10. The van der Waals surface area contributed by atoms with Crippen LogP contribution < -0.4 is 11.2 Å². The average molecular weight is 328 g/mol. The number of benzene rings is 1. The topological polar surface area (TPSA) is 170 Å². The van der Waals surface area contributed by atoms with Gasteiger partial charge in [0.05, 0.1) is 12.0 Å². The summed E-state index contributed by atoms with van der Waals surface area (Å²) >= 11 is 0.623. The molecule has 0 unspecified atom stereocenters. The van der Waals surface area contributed by atoms with Gasteiger partial charge in [0.15, 0.2) is 0 Å². The maximum atomic E-state index is 11.5. The summed E-state index contributed by atoms with van der Waals surface area (Å²) in [6.07, 6.45) is 0. The summed E-state index contributed by atoms with van der Waals surface area (Å²) in [5.41, 5.74) is -2.44. The highest BCUT2D eigenvalue weighted by Gasteiger charge is 2.09. The first kappa shape index (κ1) is 15.7. The second kappa shape index (κ2) is 6.86. The van der Waals surface area contributed by atoms with Crippen molar-refractivity contribution in [3.8, 4) is 11.6 Å². The number of rotatable bonds is 5. The Morgan fingerprint density at radius 3 is 2.59 bits per heavy atom. The van der Waals surface area contributed by atoms with E-state index in [9.17, 15) is 19.8 Å². The van der Waals surface area contributed by atoms with E-state index in [1.807, 2.05) is 9.97 Å². The van der Waals surface area contributed by atoms with Crippen molar-refractivity contribution in [2.24, 2.45) is 10.2 Å². The fourth-order valence-electron chi connectivity index (χ4n) is 1.35. The minimum absolute atomic E-state index is 0.0588. The van der Waals surface area contributed by atoms with Gasteiger partial charge in [0.1, 0.15) is 11.4 Å². The predicted molar refractivity (Wildman–Crippen MR) is 72.3 cm³/mol. The lowest BCUT2D eigenvalue weighted by Crippen LogP contribution is -2.20. The number of hydrogen-bond donors (Lipinski definition) is 5. The second-order valence-corrected chi connectivity index (χ2v) is 4.46. The van der Waals surface area contributed by atoms with Crippen molar-refractivity contribution < 1.29 is 24.8 Å². The first-order valence-electron chi connectivity index (χ1n) is 5.46. The van der Waals surface area contributed by atoms with Crippen molar-refractivity contribution in [3.63, 3.8) is 0 Å². The van der Waals surface area contributed by atoms with Crippen LogP contribution in [0.2, 0.25) is 0 Å². The zero-order chi connectivity index (χ0) is 16.1. The van der Waals surface area contributed by atoms with E-state index >= 15 is 0 Å². The summed E-state index contributed by atoms with van der Waals surface area (Å²) in [4.78, 5) is 26.5. The van der Waals surface area contributed by atoms with Gasteiger partial charge in [-0.05, 0) is 18.2 Å². The first-order valence-corrected chi connectivity index (χ1v) is 6.20. The fourth-order valence-corrected chi connectivity index (χ4v) is 1.75. The van der Waals surface area contributed by atoms with E-state index in [4.69, 9.17) is 5.26 Å². The number of aromatic amines is 2. The summed E-state index contributed by atoms with van der Waals surface area (Å²) in [7, 11) is 0. The van der Waals surface area contributed by atoms with Gasteiger partial charge < -0.3 is 10.2 Å². The predicted octanol–water partition coefficient (Wildman–Crippen LogP) is 1.32. The maximum absolute atomic E-state index is 11.5. The van der Waals surface area contributed by atoms with Crippen LogP contribution in [-0.2, 0) is 9.37 Å². The Hall–Kier alpha value is -2.67. The molecular formula is C10H8N4O7S. The molecule has 2 rings (SSSR count). The molecule has 0 aliphatic heterocycles. The standard InChI is InChI=1S/C10H8N4O7S/c15-6-2-1-4(22-21-20-19)3-5(6)13-14-7-8(16)11-10(18)12-9(7)17/h1-3,15,19H,(H3,11,12,16,17,18). The molecule has 0 saturated heterocycles. The van der Waals surface area contributed by atoms with Crippen LogP contribution in [-0.4, -0.2) is 25.4 Å². The smallest absolute Gasteiger partial charge is 0.328 e. The molecule has 11 nitrogen and oxygen atoms in total. The minimum Gasteiger partial charge on any atom is -0.506 e. The Kier molecular flexibility index (Phi) is 4.90. The third-order valence-corrected chi connectivity index (χ3v) is 2.84. The van der Waals surface area contributed by atoms with Gasteiger partial charge in [-0.2, -0.15) is 0 Å². The van der Waals surface area contributed by atoms with E-state index < -0.39 is 22.8 Å². The molecule has 0 atom stereocenters. The second-order valence-electron chi connectivity index (χ2n) is 3.68. The number of nitrogens with one attached hydrogen (secondary N) is 2. The molecule has 1 aromatic heterocycles. The van der Waals surface area contributed by atoms with Gasteiger partial charge in [-0.3, -0.25) is 14.8 Å². The zero-order valence-corrected chi connectivity index (χ0v) is 11.3. The van der Waals surface area contributed by atoms with E-state index in [2.05, 4.69) is 19.6 Å². The minimum atomic E-state index is -0.952. The van der Waals surface area contributed by atoms with E-state index in [0.29, 0.717) is 16.9 Å². The third kappa shape index (κ3) is 3.70. The molecule has 0 amide bonds. The molecule has 0 aliphatic carbocycles. The molecule has 0 spiro atoms.